The van der Waals surface area contributed by atoms with Gasteiger partial charge < -0.3 is 10.6 Å². The van der Waals surface area contributed by atoms with E-state index in [0.29, 0.717) is 0 Å². The molecule has 0 spiro atoms. The Morgan fingerprint density at radius 1 is 0.467 bits per heavy atom. The minimum absolute atomic E-state index is 0.766. The minimum atomic E-state index is 0.766. The molecule has 2 nitrogen and oxygen atoms in total. The zero-order valence-electron chi connectivity index (χ0n) is 16.4. The molecule has 0 unspecified atom stereocenters. The molecule has 6 rings (SSSR count). The fraction of sp³-hybridized carbons (Fsp3) is 0. The number of anilines is 4. The molecule has 0 saturated carbocycles. The Morgan fingerprint density at radius 3 is 1.80 bits per heavy atom. The van der Waals surface area contributed by atoms with Crippen molar-refractivity contribution in [2.45, 2.75) is 0 Å². The van der Waals surface area contributed by atoms with Crippen LogP contribution in [0, 0.1) is 0 Å². The molecule has 0 aliphatic carbocycles. The van der Waals surface area contributed by atoms with E-state index in [1.54, 1.807) is 0 Å². The molecule has 0 amide bonds. The average Bonchev–Trinajstić information content (AvgIpc) is 2.80. The second-order valence-corrected chi connectivity index (χ2v) is 7.70. The van der Waals surface area contributed by atoms with Crippen molar-refractivity contribution in [2.24, 2.45) is 0 Å². The smallest absolute Gasteiger partial charge is 0.0540 e. The Bertz CT molecular complexity index is 1470. The van der Waals surface area contributed by atoms with Crippen LogP contribution in [0.15, 0.2) is 109 Å². The molecule has 0 bridgehead atoms. The molecule has 30 heavy (non-hydrogen) atoms. The Hall–Kier alpha value is -4.04. The van der Waals surface area contributed by atoms with Gasteiger partial charge in [0.2, 0.25) is 0 Å². The summed E-state index contributed by atoms with van der Waals surface area (Å²) in [6, 6.07) is 38.5. The summed E-state index contributed by atoms with van der Waals surface area (Å²) in [5.74, 6) is 0. The summed E-state index contributed by atoms with van der Waals surface area (Å²) in [7, 11) is 0. The molecule has 2 N–H and O–H groups in total. The van der Waals surface area contributed by atoms with Crippen LogP contribution in [-0.2, 0) is 0 Å². The zero-order valence-corrected chi connectivity index (χ0v) is 16.4. The number of benzene rings is 6. The van der Waals surface area contributed by atoms with E-state index in [1.807, 2.05) is 12.1 Å². The molecule has 142 valence electrons. The third-order valence-electron chi connectivity index (χ3n) is 5.91. The van der Waals surface area contributed by atoms with Gasteiger partial charge in [-0.3, -0.25) is 0 Å². The summed E-state index contributed by atoms with van der Waals surface area (Å²) in [4.78, 5) is 2.31. The first-order valence-electron chi connectivity index (χ1n) is 10.2. The molecule has 0 aromatic heterocycles. The maximum Gasteiger partial charge on any atom is 0.0540 e. The number of nitrogens with two attached hydrogens (primary N) is 1. The number of para-hydroxylation sites is 1. The molecule has 0 atom stereocenters. The third-order valence-corrected chi connectivity index (χ3v) is 5.91. The van der Waals surface area contributed by atoms with E-state index in [1.165, 1.54) is 32.3 Å². The molecule has 0 heterocycles. The zero-order chi connectivity index (χ0) is 20.1. The Labute approximate surface area is 175 Å². The lowest BCUT2D eigenvalue weighted by atomic mass is 9.93. The Balaban J connectivity index is 1.71. The van der Waals surface area contributed by atoms with E-state index < -0.39 is 0 Å². The molecular formula is C28H20N2. The lowest BCUT2D eigenvalue weighted by Gasteiger charge is -2.27. The van der Waals surface area contributed by atoms with Crippen LogP contribution in [0.5, 0.6) is 0 Å². The standard InChI is InChI=1S/C28H20N2/c29-22-13-15-24(16-14-22)30(23-7-2-1-3-8-23)26-18-12-21-10-9-19-5-4-6-20-11-17-25(26)28(21)27(19)20/h1-18H,29H2. The highest BCUT2D eigenvalue weighted by Crippen LogP contribution is 2.43. The summed E-state index contributed by atoms with van der Waals surface area (Å²) in [5, 5.41) is 7.72. The monoisotopic (exact) mass is 384 g/mol. The summed E-state index contributed by atoms with van der Waals surface area (Å²) in [6.07, 6.45) is 0. The predicted molar refractivity (Wildman–Crippen MR) is 129 cm³/mol. The van der Waals surface area contributed by atoms with Crippen LogP contribution in [0.4, 0.5) is 22.7 Å². The molecule has 0 saturated heterocycles. The van der Waals surface area contributed by atoms with Gasteiger partial charge in [-0.2, -0.15) is 0 Å². The maximum atomic E-state index is 5.97. The van der Waals surface area contributed by atoms with E-state index in [-0.39, 0.29) is 0 Å². The van der Waals surface area contributed by atoms with E-state index in [9.17, 15) is 0 Å². The molecule has 0 fully saturated rings. The number of nitrogens with zero attached hydrogens (tertiary/aromatic N) is 1. The Kier molecular flexibility index (Phi) is 3.65. The van der Waals surface area contributed by atoms with Crippen LogP contribution in [0.1, 0.15) is 0 Å². The SMILES string of the molecule is Nc1ccc(N(c2ccccc2)c2ccc3ccc4cccc5ccc2c3c45)cc1. The first-order chi connectivity index (χ1) is 14.8. The normalized spacial score (nSPS) is 11.5. The van der Waals surface area contributed by atoms with Gasteiger partial charge in [-0.15, -0.1) is 0 Å². The average molecular weight is 384 g/mol. The van der Waals surface area contributed by atoms with Crippen molar-refractivity contribution in [2.75, 3.05) is 10.6 Å². The van der Waals surface area contributed by atoms with Crippen LogP contribution >= 0.6 is 0 Å². The number of hydrogen-bond donors (Lipinski definition) is 1. The number of nitrogen functional groups attached to an aromatic ring is 1. The highest BCUT2D eigenvalue weighted by atomic mass is 15.1. The molecule has 6 aromatic carbocycles. The van der Waals surface area contributed by atoms with Gasteiger partial charge >= 0.3 is 0 Å². The van der Waals surface area contributed by atoms with Crippen molar-refractivity contribution in [3.05, 3.63) is 109 Å². The topological polar surface area (TPSA) is 29.3 Å². The molecule has 0 radical (unpaired) electrons. The lowest BCUT2D eigenvalue weighted by molar-refractivity contribution is 1.30. The summed E-state index contributed by atoms with van der Waals surface area (Å²) in [6.45, 7) is 0. The predicted octanol–water partition coefficient (Wildman–Crippen LogP) is 7.64. The van der Waals surface area contributed by atoms with Crippen LogP contribution in [0.2, 0.25) is 0 Å². The van der Waals surface area contributed by atoms with Gasteiger partial charge in [0.15, 0.2) is 0 Å². The number of rotatable bonds is 3. The van der Waals surface area contributed by atoms with Crippen molar-refractivity contribution in [1.29, 1.82) is 0 Å². The highest BCUT2D eigenvalue weighted by Gasteiger charge is 2.17. The van der Waals surface area contributed by atoms with Crippen LogP contribution in [0.25, 0.3) is 32.3 Å². The Morgan fingerprint density at radius 2 is 1.07 bits per heavy atom. The maximum absolute atomic E-state index is 5.97. The molecule has 2 heteroatoms. The van der Waals surface area contributed by atoms with Crippen molar-refractivity contribution in [3.63, 3.8) is 0 Å². The second-order valence-electron chi connectivity index (χ2n) is 7.70. The summed E-state index contributed by atoms with van der Waals surface area (Å²) in [5.41, 5.74) is 10.1. The molecular weight excluding hydrogens is 364 g/mol. The summed E-state index contributed by atoms with van der Waals surface area (Å²) >= 11 is 0. The van der Waals surface area contributed by atoms with Crippen LogP contribution in [-0.4, -0.2) is 0 Å². The third kappa shape index (κ3) is 2.51. The first kappa shape index (κ1) is 16.9. The van der Waals surface area contributed by atoms with Crippen LogP contribution in [0.3, 0.4) is 0 Å². The second kappa shape index (κ2) is 6.50. The first-order valence-corrected chi connectivity index (χ1v) is 10.2. The van der Waals surface area contributed by atoms with Crippen molar-refractivity contribution in [1.82, 2.24) is 0 Å². The van der Waals surface area contributed by atoms with Gasteiger partial charge in [0, 0.05) is 22.4 Å². The van der Waals surface area contributed by atoms with Gasteiger partial charge in [-0.1, -0.05) is 66.7 Å². The fourth-order valence-corrected chi connectivity index (χ4v) is 4.54. The van der Waals surface area contributed by atoms with Gasteiger partial charge in [0.1, 0.15) is 0 Å². The lowest BCUT2D eigenvalue weighted by Crippen LogP contribution is -2.10. The highest BCUT2D eigenvalue weighted by molar-refractivity contribution is 6.25. The van der Waals surface area contributed by atoms with Gasteiger partial charge in [0.25, 0.3) is 0 Å². The quantitative estimate of drug-likeness (QED) is 0.251. The number of hydrogen-bond acceptors (Lipinski definition) is 2. The minimum Gasteiger partial charge on any atom is -0.399 e. The van der Waals surface area contributed by atoms with E-state index in [4.69, 9.17) is 5.73 Å². The van der Waals surface area contributed by atoms with Gasteiger partial charge in [0.05, 0.1) is 5.69 Å². The van der Waals surface area contributed by atoms with Crippen molar-refractivity contribution < 1.29 is 0 Å². The largest absolute Gasteiger partial charge is 0.399 e. The van der Waals surface area contributed by atoms with Crippen molar-refractivity contribution >= 4 is 55.1 Å². The van der Waals surface area contributed by atoms with Crippen LogP contribution < -0.4 is 10.6 Å². The fourth-order valence-electron chi connectivity index (χ4n) is 4.54. The van der Waals surface area contributed by atoms with E-state index >= 15 is 0 Å². The van der Waals surface area contributed by atoms with Gasteiger partial charge in [-0.05, 0) is 69.4 Å². The molecule has 0 aliphatic rings. The van der Waals surface area contributed by atoms with Crippen molar-refractivity contribution in [3.8, 4) is 0 Å². The van der Waals surface area contributed by atoms with E-state index in [0.717, 1.165) is 22.7 Å². The summed E-state index contributed by atoms with van der Waals surface area (Å²) < 4.78 is 0. The van der Waals surface area contributed by atoms with Gasteiger partial charge in [-0.25, -0.2) is 0 Å². The van der Waals surface area contributed by atoms with E-state index in [2.05, 4.69) is 102 Å². The molecule has 0 aliphatic heterocycles. The molecule has 6 aromatic rings.